The highest BCUT2D eigenvalue weighted by Gasteiger charge is 2.53. The first-order valence-corrected chi connectivity index (χ1v) is 5.82. The van der Waals surface area contributed by atoms with Gasteiger partial charge < -0.3 is 5.32 Å². The summed E-state index contributed by atoms with van der Waals surface area (Å²) in [5.74, 6) is 0. The van der Waals surface area contributed by atoms with Crippen molar-refractivity contribution < 1.29 is 0 Å². The van der Waals surface area contributed by atoms with Crippen molar-refractivity contribution in [1.29, 1.82) is 5.26 Å². The fourth-order valence-electron chi connectivity index (χ4n) is 1.86. The minimum Gasteiger partial charge on any atom is -0.367 e. The predicted octanol–water partition coefficient (Wildman–Crippen LogP) is 3.83. The molecule has 1 saturated carbocycles. The van der Waals surface area contributed by atoms with Crippen molar-refractivity contribution in [3.05, 3.63) is 29.3 Å². The maximum atomic E-state index is 9.35. The average molecular weight is 235 g/mol. The van der Waals surface area contributed by atoms with E-state index in [2.05, 4.69) is 18.3 Å². The Morgan fingerprint density at radius 2 is 2.19 bits per heavy atom. The molecule has 1 aromatic carbocycles. The van der Waals surface area contributed by atoms with E-state index in [0.29, 0.717) is 5.02 Å². The third kappa shape index (κ3) is 1.88. The summed E-state index contributed by atoms with van der Waals surface area (Å²) >= 11 is 5.92. The van der Waals surface area contributed by atoms with E-state index in [-0.39, 0.29) is 5.41 Å². The van der Waals surface area contributed by atoms with Gasteiger partial charge in [-0.1, -0.05) is 24.6 Å². The third-order valence-electron chi connectivity index (χ3n) is 3.65. The van der Waals surface area contributed by atoms with Gasteiger partial charge in [0.25, 0.3) is 0 Å². The number of halogens is 1. The van der Waals surface area contributed by atoms with Gasteiger partial charge in [-0.2, -0.15) is 5.26 Å². The molecule has 0 spiro atoms. The maximum Gasteiger partial charge on any atom is 0.127 e. The highest BCUT2D eigenvalue weighted by atomic mass is 35.5. The molecule has 1 aliphatic carbocycles. The van der Waals surface area contributed by atoms with Gasteiger partial charge >= 0.3 is 0 Å². The quantitative estimate of drug-likeness (QED) is 0.863. The van der Waals surface area contributed by atoms with Crippen LogP contribution in [-0.4, -0.2) is 5.54 Å². The van der Waals surface area contributed by atoms with Crippen molar-refractivity contribution in [2.24, 2.45) is 5.41 Å². The van der Waals surface area contributed by atoms with Crippen molar-refractivity contribution in [1.82, 2.24) is 0 Å². The Bertz CT molecular complexity index is 445. The fourth-order valence-corrected chi connectivity index (χ4v) is 2.05. The molecular formula is C13H15ClN2. The van der Waals surface area contributed by atoms with Crippen molar-refractivity contribution in [3.8, 4) is 6.07 Å². The van der Waals surface area contributed by atoms with E-state index < -0.39 is 5.54 Å². The molecule has 0 bridgehead atoms. The van der Waals surface area contributed by atoms with Crippen molar-refractivity contribution in [3.63, 3.8) is 0 Å². The van der Waals surface area contributed by atoms with E-state index in [1.807, 2.05) is 31.2 Å². The standard InChI is InChI=1S/C13H15ClN2/c1-12(6-7-12)13(2,9-15)16-11-5-3-4-10(14)8-11/h3-5,8,16H,6-7H2,1-2H3. The van der Waals surface area contributed by atoms with Crippen LogP contribution < -0.4 is 5.32 Å². The number of hydrogen-bond donors (Lipinski definition) is 1. The summed E-state index contributed by atoms with van der Waals surface area (Å²) in [4.78, 5) is 0. The number of hydrogen-bond acceptors (Lipinski definition) is 2. The summed E-state index contributed by atoms with van der Waals surface area (Å²) in [6.07, 6.45) is 2.20. The van der Waals surface area contributed by atoms with Crippen LogP contribution in [0.4, 0.5) is 5.69 Å². The fraction of sp³-hybridized carbons (Fsp3) is 0.462. The minimum atomic E-state index is -0.516. The Morgan fingerprint density at radius 3 is 2.69 bits per heavy atom. The average Bonchev–Trinajstić information content (AvgIpc) is 2.98. The highest BCUT2D eigenvalue weighted by Crippen LogP contribution is 2.54. The van der Waals surface area contributed by atoms with Crippen LogP contribution in [0, 0.1) is 16.7 Å². The third-order valence-corrected chi connectivity index (χ3v) is 3.88. The van der Waals surface area contributed by atoms with E-state index in [4.69, 9.17) is 11.6 Å². The SMILES string of the molecule is CC1(C(C)(C#N)Nc2cccc(Cl)c2)CC1. The molecule has 0 amide bonds. The molecule has 1 N–H and O–H groups in total. The van der Waals surface area contributed by atoms with Gasteiger partial charge in [-0.05, 0) is 38.0 Å². The smallest absolute Gasteiger partial charge is 0.127 e. The second kappa shape index (κ2) is 3.68. The molecule has 84 valence electrons. The van der Waals surface area contributed by atoms with Gasteiger partial charge in [-0.25, -0.2) is 0 Å². The number of anilines is 1. The van der Waals surface area contributed by atoms with Gasteiger partial charge in [0.05, 0.1) is 6.07 Å². The van der Waals surface area contributed by atoms with E-state index in [9.17, 15) is 5.26 Å². The zero-order valence-electron chi connectivity index (χ0n) is 9.55. The lowest BCUT2D eigenvalue weighted by Gasteiger charge is -2.31. The molecule has 0 heterocycles. The van der Waals surface area contributed by atoms with Crippen molar-refractivity contribution >= 4 is 17.3 Å². The van der Waals surface area contributed by atoms with E-state index >= 15 is 0 Å². The Hall–Kier alpha value is -1.20. The summed E-state index contributed by atoms with van der Waals surface area (Å²) < 4.78 is 0. The Morgan fingerprint density at radius 1 is 1.50 bits per heavy atom. The normalized spacial score (nSPS) is 20.6. The summed E-state index contributed by atoms with van der Waals surface area (Å²) in [5.41, 5.74) is 0.478. The summed E-state index contributed by atoms with van der Waals surface area (Å²) in [7, 11) is 0. The van der Waals surface area contributed by atoms with Gasteiger partial charge in [0.2, 0.25) is 0 Å². The van der Waals surface area contributed by atoms with Gasteiger partial charge in [-0.3, -0.25) is 0 Å². The van der Waals surface area contributed by atoms with Crippen molar-refractivity contribution in [2.45, 2.75) is 32.2 Å². The number of nitriles is 1. The van der Waals surface area contributed by atoms with Gasteiger partial charge in [-0.15, -0.1) is 0 Å². The minimum absolute atomic E-state index is 0.0874. The highest BCUT2D eigenvalue weighted by molar-refractivity contribution is 6.30. The maximum absolute atomic E-state index is 9.35. The largest absolute Gasteiger partial charge is 0.367 e. The molecule has 1 atom stereocenters. The number of nitrogens with one attached hydrogen (secondary N) is 1. The zero-order valence-corrected chi connectivity index (χ0v) is 10.3. The second-order valence-electron chi connectivity index (χ2n) is 4.93. The Labute approximate surface area is 101 Å². The van der Waals surface area contributed by atoms with Gasteiger partial charge in [0.15, 0.2) is 0 Å². The Balaban J connectivity index is 2.23. The van der Waals surface area contributed by atoms with Crippen molar-refractivity contribution in [2.75, 3.05) is 5.32 Å². The molecule has 16 heavy (non-hydrogen) atoms. The second-order valence-corrected chi connectivity index (χ2v) is 5.37. The number of benzene rings is 1. The summed E-state index contributed by atoms with van der Waals surface area (Å²) in [6, 6.07) is 9.90. The van der Waals surface area contributed by atoms with Crippen LogP contribution in [0.15, 0.2) is 24.3 Å². The molecule has 0 saturated heterocycles. The predicted molar refractivity (Wildman–Crippen MR) is 66.4 cm³/mol. The molecule has 1 unspecified atom stereocenters. The summed E-state index contributed by atoms with van der Waals surface area (Å²) in [5, 5.41) is 13.3. The van der Waals surface area contributed by atoms with E-state index in [1.165, 1.54) is 0 Å². The molecule has 1 aliphatic rings. The van der Waals surface area contributed by atoms with Crippen LogP contribution in [0.2, 0.25) is 5.02 Å². The molecular weight excluding hydrogens is 220 g/mol. The number of nitrogens with zero attached hydrogens (tertiary/aromatic N) is 1. The first-order valence-electron chi connectivity index (χ1n) is 5.44. The lowest BCUT2D eigenvalue weighted by Crippen LogP contribution is -2.41. The van der Waals surface area contributed by atoms with Gasteiger partial charge in [0.1, 0.15) is 5.54 Å². The molecule has 0 radical (unpaired) electrons. The zero-order chi connectivity index (χ0) is 11.8. The summed E-state index contributed by atoms with van der Waals surface area (Å²) in [6.45, 7) is 4.11. The van der Waals surface area contributed by atoms with Crippen LogP contribution in [0.25, 0.3) is 0 Å². The number of rotatable bonds is 3. The van der Waals surface area contributed by atoms with Crippen LogP contribution in [-0.2, 0) is 0 Å². The molecule has 3 heteroatoms. The molecule has 2 nitrogen and oxygen atoms in total. The first kappa shape index (κ1) is 11.3. The molecule has 0 aliphatic heterocycles. The molecule has 2 rings (SSSR count). The van der Waals surface area contributed by atoms with Crippen LogP contribution in [0.5, 0.6) is 0 Å². The van der Waals surface area contributed by atoms with Crippen LogP contribution in [0.3, 0.4) is 0 Å². The molecule has 1 fully saturated rings. The van der Waals surface area contributed by atoms with E-state index in [0.717, 1.165) is 18.5 Å². The topological polar surface area (TPSA) is 35.8 Å². The van der Waals surface area contributed by atoms with Crippen LogP contribution >= 0.6 is 11.6 Å². The lowest BCUT2D eigenvalue weighted by atomic mass is 9.85. The molecule has 0 aromatic heterocycles. The van der Waals surface area contributed by atoms with Crippen LogP contribution in [0.1, 0.15) is 26.7 Å². The first-order chi connectivity index (χ1) is 7.49. The Kier molecular flexibility index (Phi) is 2.59. The molecule has 1 aromatic rings. The van der Waals surface area contributed by atoms with E-state index in [1.54, 1.807) is 0 Å². The van der Waals surface area contributed by atoms with Gasteiger partial charge in [0, 0.05) is 16.1 Å². The lowest BCUT2D eigenvalue weighted by molar-refractivity contribution is 0.405. The monoisotopic (exact) mass is 234 g/mol.